The second-order valence-corrected chi connectivity index (χ2v) is 4.51. The Kier molecular flexibility index (Phi) is 5.65. The Morgan fingerprint density at radius 2 is 2.00 bits per heavy atom. The molecule has 1 atom stereocenters. The third-order valence-electron chi connectivity index (χ3n) is 3.11. The van der Waals surface area contributed by atoms with Crippen LogP contribution in [0.3, 0.4) is 0 Å². The van der Waals surface area contributed by atoms with Crippen molar-refractivity contribution >= 4 is 5.97 Å². The number of rotatable bonds is 8. The molecule has 0 amide bonds. The molecule has 2 N–H and O–H groups in total. The number of ether oxygens (including phenoxy) is 1. The van der Waals surface area contributed by atoms with Gasteiger partial charge in [0.25, 0.3) is 0 Å². The van der Waals surface area contributed by atoms with E-state index in [2.05, 4.69) is 5.32 Å². The molecule has 1 aromatic carbocycles. The quantitative estimate of drug-likeness (QED) is 0.696. The molecule has 0 saturated carbocycles. The maximum Gasteiger partial charge on any atom is 0.323 e. The summed E-state index contributed by atoms with van der Waals surface area (Å²) in [6.07, 6.45) is 2.26. The van der Waals surface area contributed by atoms with Crippen molar-refractivity contribution in [3.8, 4) is 5.75 Å². The van der Waals surface area contributed by atoms with Crippen molar-refractivity contribution in [1.82, 2.24) is 5.32 Å². The molecule has 0 aliphatic carbocycles. The fraction of sp³-hybridized carbons (Fsp3) is 0.500. The number of hydrogen-bond acceptors (Lipinski definition) is 3. The topological polar surface area (TPSA) is 58.6 Å². The van der Waals surface area contributed by atoms with E-state index in [0.29, 0.717) is 13.0 Å². The van der Waals surface area contributed by atoms with E-state index in [1.807, 2.05) is 30.3 Å². The van der Waals surface area contributed by atoms with E-state index in [4.69, 9.17) is 9.84 Å². The molecule has 0 saturated heterocycles. The zero-order valence-electron chi connectivity index (χ0n) is 11.0. The molecule has 0 bridgehead atoms. The smallest absolute Gasteiger partial charge is 0.323 e. The number of para-hydroxylation sites is 1. The van der Waals surface area contributed by atoms with Gasteiger partial charge in [-0.25, -0.2) is 0 Å². The molecule has 1 aromatic rings. The fourth-order valence-electron chi connectivity index (χ4n) is 1.63. The van der Waals surface area contributed by atoms with Crippen LogP contribution in [0.4, 0.5) is 0 Å². The molecule has 0 radical (unpaired) electrons. The standard InChI is InChI=1S/C14H21NO3/c1-14(15-2,13(16)17)10-6-7-11-18-12-8-4-3-5-9-12/h3-5,8-9,15H,6-7,10-11H2,1-2H3,(H,16,17). The van der Waals surface area contributed by atoms with E-state index >= 15 is 0 Å². The molecule has 0 aromatic heterocycles. The number of aliphatic carboxylic acids is 1. The van der Waals surface area contributed by atoms with Crippen molar-refractivity contribution in [3.63, 3.8) is 0 Å². The number of nitrogens with one attached hydrogen (secondary N) is 1. The Morgan fingerprint density at radius 3 is 2.56 bits per heavy atom. The zero-order valence-corrected chi connectivity index (χ0v) is 11.0. The van der Waals surface area contributed by atoms with Crippen molar-refractivity contribution in [2.45, 2.75) is 31.7 Å². The van der Waals surface area contributed by atoms with Crippen LogP contribution >= 0.6 is 0 Å². The summed E-state index contributed by atoms with van der Waals surface area (Å²) in [6.45, 7) is 2.32. The fourth-order valence-corrected chi connectivity index (χ4v) is 1.63. The van der Waals surface area contributed by atoms with Gasteiger partial charge in [-0.3, -0.25) is 4.79 Å². The summed E-state index contributed by atoms with van der Waals surface area (Å²) >= 11 is 0. The third kappa shape index (κ3) is 4.37. The lowest BCUT2D eigenvalue weighted by Crippen LogP contribution is -2.47. The molecule has 4 heteroatoms. The van der Waals surface area contributed by atoms with Gasteiger partial charge in [0.1, 0.15) is 11.3 Å². The average molecular weight is 251 g/mol. The molecule has 100 valence electrons. The van der Waals surface area contributed by atoms with Gasteiger partial charge < -0.3 is 15.2 Å². The first-order valence-corrected chi connectivity index (χ1v) is 6.18. The summed E-state index contributed by atoms with van der Waals surface area (Å²) in [7, 11) is 1.68. The van der Waals surface area contributed by atoms with E-state index in [1.54, 1.807) is 14.0 Å². The first-order chi connectivity index (χ1) is 8.58. The van der Waals surface area contributed by atoms with Crippen LogP contribution in [0.2, 0.25) is 0 Å². The molecule has 0 fully saturated rings. The van der Waals surface area contributed by atoms with Crippen LogP contribution in [0.1, 0.15) is 26.2 Å². The van der Waals surface area contributed by atoms with E-state index in [0.717, 1.165) is 18.6 Å². The number of hydrogen-bond donors (Lipinski definition) is 2. The largest absolute Gasteiger partial charge is 0.494 e. The minimum absolute atomic E-state index is 0.594. The minimum atomic E-state index is -0.841. The van der Waals surface area contributed by atoms with Crippen LogP contribution in [0, 0.1) is 0 Å². The number of carboxylic acid groups (broad SMARTS) is 1. The number of likely N-dealkylation sites (N-methyl/N-ethyl adjacent to an activating group) is 1. The van der Waals surface area contributed by atoms with Crippen molar-refractivity contribution in [3.05, 3.63) is 30.3 Å². The van der Waals surface area contributed by atoms with E-state index in [9.17, 15) is 4.79 Å². The Labute approximate surface area is 108 Å². The van der Waals surface area contributed by atoms with Gasteiger partial charge in [0.15, 0.2) is 0 Å². The number of unbranched alkanes of at least 4 members (excludes halogenated alkanes) is 1. The molecular formula is C14H21NO3. The molecule has 18 heavy (non-hydrogen) atoms. The zero-order chi connectivity index (χ0) is 13.4. The van der Waals surface area contributed by atoms with Crippen molar-refractivity contribution in [2.24, 2.45) is 0 Å². The van der Waals surface area contributed by atoms with Gasteiger partial charge in [0, 0.05) is 0 Å². The first kappa shape index (κ1) is 14.5. The maximum absolute atomic E-state index is 11.0. The van der Waals surface area contributed by atoms with Crippen LogP contribution < -0.4 is 10.1 Å². The summed E-state index contributed by atoms with van der Waals surface area (Å²) in [5.41, 5.74) is -0.841. The second-order valence-electron chi connectivity index (χ2n) is 4.51. The Bertz CT molecular complexity index is 367. The summed E-state index contributed by atoms with van der Waals surface area (Å²) < 4.78 is 5.55. The molecule has 0 aliphatic rings. The highest BCUT2D eigenvalue weighted by Crippen LogP contribution is 2.14. The van der Waals surface area contributed by atoms with Gasteiger partial charge in [-0.1, -0.05) is 18.2 Å². The lowest BCUT2D eigenvalue weighted by Gasteiger charge is -2.23. The van der Waals surface area contributed by atoms with Crippen LogP contribution in [-0.4, -0.2) is 30.3 Å². The highest BCUT2D eigenvalue weighted by Gasteiger charge is 2.29. The highest BCUT2D eigenvalue weighted by atomic mass is 16.5. The molecule has 1 unspecified atom stereocenters. The predicted octanol–water partition coefficient (Wildman–Crippen LogP) is 2.30. The maximum atomic E-state index is 11.0. The van der Waals surface area contributed by atoms with Crippen molar-refractivity contribution in [1.29, 1.82) is 0 Å². The van der Waals surface area contributed by atoms with E-state index < -0.39 is 11.5 Å². The van der Waals surface area contributed by atoms with Crippen LogP contribution in [-0.2, 0) is 4.79 Å². The Morgan fingerprint density at radius 1 is 1.33 bits per heavy atom. The SMILES string of the molecule is CNC(C)(CCCCOc1ccccc1)C(=O)O. The van der Waals surface area contributed by atoms with Gasteiger partial charge in [-0.2, -0.15) is 0 Å². The lowest BCUT2D eigenvalue weighted by molar-refractivity contribution is -0.144. The lowest BCUT2D eigenvalue weighted by atomic mass is 9.95. The number of benzene rings is 1. The molecule has 0 aliphatic heterocycles. The molecule has 1 rings (SSSR count). The van der Waals surface area contributed by atoms with Crippen molar-refractivity contribution in [2.75, 3.05) is 13.7 Å². The normalized spacial score (nSPS) is 13.9. The first-order valence-electron chi connectivity index (χ1n) is 6.18. The minimum Gasteiger partial charge on any atom is -0.494 e. The van der Waals surface area contributed by atoms with Crippen LogP contribution in [0.25, 0.3) is 0 Å². The van der Waals surface area contributed by atoms with Crippen molar-refractivity contribution < 1.29 is 14.6 Å². The van der Waals surface area contributed by atoms with Crippen LogP contribution in [0.15, 0.2) is 30.3 Å². The van der Waals surface area contributed by atoms with Gasteiger partial charge >= 0.3 is 5.97 Å². The van der Waals surface area contributed by atoms with Gasteiger partial charge in [-0.05, 0) is 45.4 Å². The summed E-state index contributed by atoms with van der Waals surface area (Å²) in [5, 5.41) is 11.9. The predicted molar refractivity (Wildman–Crippen MR) is 70.9 cm³/mol. The monoisotopic (exact) mass is 251 g/mol. The summed E-state index contributed by atoms with van der Waals surface area (Å²) in [6, 6.07) is 9.62. The number of carbonyl (C=O) groups is 1. The van der Waals surface area contributed by atoms with Gasteiger partial charge in [0.05, 0.1) is 6.61 Å². The highest BCUT2D eigenvalue weighted by molar-refractivity contribution is 5.78. The molecule has 4 nitrogen and oxygen atoms in total. The average Bonchev–Trinajstić information content (AvgIpc) is 2.39. The molecular weight excluding hydrogens is 230 g/mol. The molecule has 0 heterocycles. The van der Waals surface area contributed by atoms with E-state index in [1.165, 1.54) is 0 Å². The number of carboxylic acids is 1. The second kappa shape index (κ2) is 7.01. The van der Waals surface area contributed by atoms with Gasteiger partial charge in [-0.15, -0.1) is 0 Å². The van der Waals surface area contributed by atoms with Gasteiger partial charge in [0.2, 0.25) is 0 Å². The summed E-state index contributed by atoms with van der Waals surface area (Å²) in [5.74, 6) is 0.0427. The van der Waals surface area contributed by atoms with Crippen LogP contribution in [0.5, 0.6) is 5.75 Å². The molecule has 0 spiro atoms. The Balaban J connectivity index is 2.21. The summed E-state index contributed by atoms with van der Waals surface area (Å²) in [4.78, 5) is 11.0. The van der Waals surface area contributed by atoms with E-state index in [-0.39, 0.29) is 0 Å². The Hall–Kier alpha value is -1.55. The third-order valence-corrected chi connectivity index (χ3v) is 3.11.